The summed E-state index contributed by atoms with van der Waals surface area (Å²) in [5, 5.41) is 18.3. The third-order valence-corrected chi connectivity index (χ3v) is 4.96. The number of carbonyl (C=O) groups excluding carboxylic acids is 1. The lowest BCUT2D eigenvalue weighted by molar-refractivity contribution is 0.0642. The van der Waals surface area contributed by atoms with Crippen LogP contribution in [0.2, 0.25) is 0 Å². The van der Waals surface area contributed by atoms with Gasteiger partial charge in [0.1, 0.15) is 11.5 Å². The first kappa shape index (κ1) is 18.3. The smallest absolute Gasteiger partial charge is 0.258 e. The predicted molar refractivity (Wildman–Crippen MR) is 104 cm³/mol. The van der Waals surface area contributed by atoms with Gasteiger partial charge in [0.2, 0.25) is 0 Å². The molecule has 146 valence electrons. The van der Waals surface area contributed by atoms with Crippen LogP contribution in [0.1, 0.15) is 41.0 Å². The second-order valence-electron chi connectivity index (χ2n) is 7.24. The topological polar surface area (TPSA) is 87.7 Å². The first-order chi connectivity index (χ1) is 13.5. The number of hydrogen-bond donors (Lipinski definition) is 2. The van der Waals surface area contributed by atoms with E-state index in [0.717, 1.165) is 22.3 Å². The van der Waals surface area contributed by atoms with Crippen LogP contribution in [0.5, 0.6) is 11.5 Å². The van der Waals surface area contributed by atoms with Crippen molar-refractivity contribution in [3.8, 4) is 11.5 Å². The van der Waals surface area contributed by atoms with Crippen molar-refractivity contribution >= 4 is 16.8 Å². The van der Waals surface area contributed by atoms with Gasteiger partial charge >= 0.3 is 0 Å². The SMILES string of the molecule is COc1ccc2c(c1)CN(C(=O)c1cc3c(COC(C)C)n[nH]c3cc1O)C2. The number of phenolic OH excluding ortho intramolecular Hbond substituents is 1. The third kappa shape index (κ3) is 3.29. The Balaban J connectivity index is 1.62. The Kier molecular flexibility index (Phi) is 4.68. The second-order valence-corrected chi connectivity index (χ2v) is 7.24. The second kappa shape index (κ2) is 7.16. The van der Waals surface area contributed by atoms with Gasteiger partial charge in [0.05, 0.1) is 36.6 Å². The number of aromatic nitrogens is 2. The van der Waals surface area contributed by atoms with Crippen LogP contribution in [0, 0.1) is 0 Å². The molecule has 0 saturated carbocycles. The number of fused-ring (bicyclic) bond motifs is 2. The lowest BCUT2D eigenvalue weighted by Gasteiger charge is -2.16. The van der Waals surface area contributed by atoms with E-state index in [4.69, 9.17) is 9.47 Å². The number of hydrogen-bond acceptors (Lipinski definition) is 5. The van der Waals surface area contributed by atoms with Crippen LogP contribution in [0.4, 0.5) is 0 Å². The highest BCUT2D eigenvalue weighted by molar-refractivity contribution is 6.01. The average molecular weight is 381 g/mol. The van der Waals surface area contributed by atoms with E-state index in [1.54, 1.807) is 24.1 Å². The van der Waals surface area contributed by atoms with Crippen molar-refractivity contribution in [2.24, 2.45) is 0 Å². The molecule has 0 fully saturated rings. The number of benzene rings is 2. The molecule has 1 aromatic heterocycles. The summed E-state index contributed by atoms with van der Waals surface area (Å²) in [5.74, 6) is 0.489. The van der Waals surface area contributed by atoms with Gasteiger partial charge in [-0.15, -0.1) is 0 Å². The highest BCUT2D eigenvalue weighted by Gasteiger charge is 2.27. The molecule has 7 heteroatoms. The van der Waals surface area contributed by atoms with Gasteiger partial charge in [-0.25, -0.2) is 0 Å². The Bertz CT molecular complexity index is 1040. The maximum absolute atomic E-state index is 13.1. The van der Waals surface area contributed by atoms with Crippen LogP contribution in [0.3, 0.4) is 0 Å². The van der Waals surface area contributed by atoms with Crippen molar-refractivity contribution in [1.29, 1.82) is 0 Å². The molecular weight excluding hydrogens is 358 g/mol. The molecule has 0 bridgehead atoms. The molecule has 0 unspecified atom stereocenters. The van der Waals surface area contributed by atoms with E-state index in [1.165, 1.54) is 0 Å². The molecule has 0 atom stereocenters. The minimum absolute atomic E-state index is 0.0639. The van der Waals surface area contributed by atoms with E-state index in [-0.39, 0.29) is 23.3 Å². The molecule has 4 rings (SSSR count). The summed E-state index contributed by atoms with van der Waals surface area (Å²) in [6.07, 6.45) is 0.0741. The molecule has 0 saturated heterocycles. The van der Waals surface area contributed by atoms with E-state index >= 15 is 0 Å². The van der Waals surface area contributed by atoms with Gasteiger partial charge in [-0.1, -0.05) is 6.07 Å². The lowest BCUT2D eigenvalue weighted by Crippen LogP contribution is -2.25. The molecule has 2 aromatic carbocycles. The third-order valence-electron chi connectivity index (χ3n) is 4.96. The van der Waals surface area contributed by atoms with Gasteiger partial charge in [0.25, 0.3) is 5.91 Å². The lowest BCUT2D eigenvalue weighted by atomic mass is 10.1. The van der Waals surface area contributed by atoms with Gasteiger partial charge in [-0.3, -0.25) is 9.89 Å². The number of aromatic amines is 1. The van der Waals surface area contributed by atoms with Crippen LogP contribution in [0.25, 0.3) is 10.9 Å². The number of methoxy groups -OCH3 is 1. The molecule has 3 aromatic rings. The zero-order chi connectivity index (χ0) is 19.8. The number of nitrogens with zero attached hydrogens (tertiary/aromatic N) is 2. The highest BCUT2D eigenvalue weighted by Crippen LogP contribution is 2.32. The summed E-state index contributed by atoms with van der Waals surface area (Å²) in [4.78, 5) is 14.8. The highest BCUT2D eigenvalue weighted by atomic mass is 16.5. The minimum Gasteiger partial charge on any atom is -0.507 e. The van der Waals surface area contributed by atoms with Gasteiger partial charge in [-0.2, -0.15) is 5.10 Å². The van der Waals surface area contributed by atoms with Crippen molar-refractivity contribution in [3.05, 3.63) is 52.7 Å². The molecule has 1 aliphatic rings. The number of H-pyrrole nitrogens is 1. The molecule has 1 amide bonds. The quantitative estimate of drug-likeness (QED) is 0.708. The van der Waals surface area contributed by atoms with E-state index in [2.05, 4.69) is 10.2 Å². The Hall–Kier alpha value is -3.06. The zero-order valence-electron chi connectivity index (χ0n) is 16.2. The van der Waals surface area contributed by atoms with Crippen molar-refractivity contribution in [2.45, 2.75) is 39.6 Å². The zero-order valence-corrected chi connectivity index (χ0v) is 16.2. The fraction of sp³-hybridized carbons (Fsp3) is 0.333. The van der Waals surface area contributed by atoms with Crippen LogP contribution < -0.4 is 4.74 Å². The molecule has 7 nitrogen and oxygen atoms in total. The van der Waals surface area contributed by atoms with Crippen LogP contribution in [-0.2, 0) is 24.4 Å². The molecule has 2 N–H and O–H groups in total. The van der Waals surface area contributed by atoms with E-state index in [9.17, 15) is 9.90 Å². The number of carbonyl (C=O) groups is 1. The average Bonchev–Trinajstić information content (AvgIpc) is 3.27. The van der Waals surface area contributed by atoms with E-state index in [1.807, 2.05) is 32.0 Å². The van der Waals surface area contributed by atoms with Crippen molar-refractivity contribution in [1.82, 2.24) is 15.1 Å². The molecule has 28 heavy (non-hydrogen) atoms. The number of aromatic hydroxyl groups is 1. The van der Waals surface area contributed by atoms with Crippen LogP contribution >= 0.6 is 0 Å². The normalized spacial score (nSPS) is 13.4. The standard InChI is InChI=1S/C21H23N3O4/c1-12(2)28-11-19-16-7-17(20(25)8-18(16)22-23-19)21(26)24-9-13-4-5-15(27-3)6-14(13)10-24/h4-8,12,25H,9-11H2,1-3H3,(H,22,23). The van der Waals surface area contributed by atoms with Crippen molar-refractivity contribution in [2.75, 3.05) is 7.11 Å². The molecule has 1 aliphatic heterocycles. The monoisotopic (exact) mass is 381 g/mol. The Morgan fingerprint density at radius 2 is 2.04 bits per heavy atom. The predicted octanol–water partition coefficient (Wildman–Crippen LogP) is 3.36. The first-order valence-electron chi connectivity index (χ1n) is 9.23. The first-order valence-corrected chi connectivity index (χ1v) is 9.23. The largest absolute Gasteiger partial charge is 0.507 e. The fourth-order valence-corrected chi connectivity index (χ4v) is 3.45. The maximum atomic E-state index is 13.1. The number of nitrogens with one attached hydrogen (secondary N) is 1. The molecular formula is C21H23N3O4. The van der Waals surface area contributed by atoms with Gasteiger partial charge in [0, 0.05) is 24.5 Å². The molecule has 0 radical (unpaired) electrons. The summed E-state index contributed by atoms with van der Waals surface area (Å²) in [7, 11) is 1.62. The Morgan fingerprint density at radius 3 is 2.79 bits per heavy atom. The summed E-state index contributed by atoms with van der Waals surface area (Å²) in [6.45, 7) is 5.23. The minimum atomic E-state index is -0.216. The summed E-state index contributed by atoms with van der Waals surface area (Å²) in [6, 6.07) is 9.05. The maximum Gasteiger partial charge on any atom is 0.258 e. The number of amides is 1. The number of ether oxygens (including phenoxy) is 2. The van der Waals surface area contributed by atoms with Crippen molar-refractivity contribution < 1.29 is 19.4 Å². The van der Waals surface area contributed by atoms with Gasteiger partial charge in [0.15, 0.2) is 0 Å². The van der Waals surface area contributed by atoms with E-state index < -0.39 is 0 Å². The Morgan fingerprint density at radius 1 is 1.25 bits per heavy atom. The van der Waals surface area contributed by atoms with Gasteiger partial charge < -0.3 is 19.5 Å². The summed E-state index contributed by atoms with van der Waals surface area (Å²) < 4.78 is 10.9. The fourth-order valence-electron chi connectivity index (χ4n) is 3.45. The number of phenols is 1. The molecule has 0 aliphatic carbocycles. The van der Waals surface area contributed by atoms with Crippen molar-refractivity contribution in [3.63, 3.8) is 0 Å². The molecule has 2 heterocycles. The Labute approximate surface area is 162 Å². The van der Waals surface area contributed by atoms with Crippen LogP contribution in [0.15, 0.2) is 30.3 Å². The number of rotatable bonds is 5. The van der Waals surface area contributed by atoms with Crippen LogP contribution in [-0.4, -0.2) is 39.3 Å². The summed E-state index contributed by atoms with van der Waals surface area (Å²) >= 11 is 0. The van der Waals surface area contributed by atoms with E-state index in [0.29, 0.717) is 30.9 Å². The van der Waals surface area contributed by atoms with Gasteiger partial charge in [-0.05, 0) is 43.2 Å². The molecule has 0 spiro atoms. The summed E-state index contributed by atoms with van der Waals surface area (Å²) in [5.41, 5.74) is 3.80.